The number of halogens is 1. The maximum atomic E-state index is 5.53. The summed E-state index contributed by atoms with van der Waals surface area (Å²) in [5.74, 6) is 1.67. The van der Waals surface area contributed by atoms with E-state index in [1.807, 2.05) is 76.3 Å². The number of anilines is 2. The van der Waals surface area contributed by atoms with Crippen LogP contribution in [-0.4, -0.2) is 12.9 Å². The molecule has 0 spiro atoms. The van der Waals surface area contributed by atoms with Crippen LogP contribution in [0.2, 0.25) is 0 Å². The van der Waals surface area contributed by atoms with Gasteiger partial charge in [0, 0.05) is 0 Å². The van der Waals surface area contributed by atoms with Gasteiger partial charge in [0.05, 0.1) is 12.7 Å². The normalized spacial score (nSPS) is 13.2. The minimum atomic E-state index is 0. The number of quaternary nitrogens is 1. The zero-order valence-electron chi connectivity index (χ0n) is 14.3. The van der Waals surface area contributed by atoms with Crippen molar-refractivity contribution in [1.29, 1.82) is 0 Å². The Kier molecular flexibility index (Phi) is 5.41. The SMILES string of the molecule is COc1ccccc1N1N=C(c2ccccc2)[NH2+]N1c1ccccc1.[Cl-]. The van der Waals surface area contributed by atoms with Crippen LogP contribution in [0.4, 0.5) is 11.4 Å². The predicted octanol–water partition coefficient (Wildman–Crippen LogP) is -0.219. The summed E-state index contributed by atoms with van der Waals surface area (Å²) in [5.41, 5.74) is 5.02. The molecule has 26 heavy (non-hydrogen) atoms. The van der Waals surface area contributed by atoms with Gasteiger partial charge in [-0.05, 0) is 36.4 Å². The molecule has 1 aliphatic heterocycles. The van der Waals surface area contributed by atoms with Crippen molar-refractivity contribution in [2.24, 2.45) is 5.10 Å². The number of hydrogen-bond donors (Lipinski definition) is 1. The average molecular weight is 367 g/mol. The fourth-order valence-electron chi connectivity index (χ4n) is 2.82. The van der Waals surface area contributed by atoms with E-state index in [0.717, 1.165) is 28.5 Å². The van der Waals surface area contributed by atoms with Gasteiger partial charge in [-0.2, -0.15) is 5.43 Å². The van der Waals surface area contributed by atoms with Crippen LogP contribution in [0.15, 0.2) is 90.0 Å². The van der Waals surface area contributed by atoms with Gasteiger partial charge in [0.2, 0.25) is 0 Å². The monoisotopic (exact) mass is 366 g/mol. The Balaban J connectivity index is 0.00000196. The summed E-state index contributed by atoms with van der Waals surface area (Å²) >= 11 is 0. The van der Waals surface area contributed by atoms with E-state index in [2.05, 4.69) is 24.3 Å². The molecule has 0 atom stereocenters. The number of nitrogens with zero attached hydrogens (tertiary/aromatic N) is 3. The van der Waals surface area contributed by atoms with Gasteiger partial charge in [0.15, 0.2) is 0 Å². The average Bonchev–Trinajstić information content (AvgIpc) is 3.14. The molecule has 1 heterocycles. The van der Waals surface area contributed by atoms with Crippen molar-refractivity contribution in [1.82, 2.24) is 0 Å². The smallest absolute Gasteiger partial charge is 0.277 e. The molecule has 0 aromatic heterocycles. The van der Waals surface area contributed by atoms with Crippen LogP contribution in [0.25, 0.3) is 0 Å². The van der Waals surface area contributed by atoms with Gasteiger partial charge in [0.25, 0.3) is 5.84 Å². The standard InChI is InChI=1S/C20H18N4O.ClH/c1-25-19-15-9-8-14-18(19)24-22-20(16-10-4-2-5-11-16)21-23(24)17-12-6-3-7-13-17;/h2-15H,1H3,(H,21,22);1H. The van der Waals surface area contributed by atoms with Crippen LogP contribution in [0, 0.1) is 0 Å². The van der Waals surface area contributed by atoms with Crippen molar-refractivity contribution in [3.05, 3.63) is 90.5 Å². The van der Waals surface area contributed by atoms with Crippen molar-refractivity contribution < 1.29 is 22.6 Å². The predicted molar refractivity (Wildman–Crippen MR) is 99.3 cm³/mol. The number of rotatable bonds is 4. The topological polar surface area (TPSA) is 44.7 Å². The molecule has 3 aromatic carbocycles. The van der Waals surface area contributed by atoms with Gasteiger partial charge in [0.1, 0.15) is 17.1 Å². The van der Waals surface area contributed by atoms with E-state index in [4.69, 9.17) is 9.84 Å². The van der Waals surface area contributed by atoms with E-state index in [9.17, 15) is 0 Å². The maximum absolute atomic E-state index is 5.53. The third-order valence-electron chi connectivity index (χ3n) is 4.04. The lowest BCUT2D eigenvalue weighted by Gasteiger charge is -2.24. The van der Waals surface area contributed by atoms with E-state index in [1.54, 1.807) is 7.11 Å². The fourth-order valence-corrected chi connectivity index (χ4v) is 2.82. The third kappa shape index (κ3) is 3.35. The van der Waals surface area contributed by atoms with Crippen molar-refractivity contribution in [2.75, 3.05) is 17.3 Å². The van der Waals surface area contributed by atoms with Crippen LogP contribution in [0.5, 0.6) is 5.75 Å². The first-order chi connectivity index (χ1) is 12.4. The fraction of sp³-hybridized carbons (Fsp3) is 0.0500. The van der Waals surface area contributed by atoms with E-state index in [-0.39, 0.29) is 12.4 Å². The molecule has 0 amide bonds. The quantitative estimate of drug-likeness (QED) is 0.649. The second-order valence-corrected chi connectivity index (χ2v) is 5.62. The zero-order valence-corrected chi connectivity index (χ0v) is 15.0. The van der Waals surface area contributed by atoms with Gasteiger partial charge in [-0.1, -0.05) is 53.6 Å². The molecule has 0 bridgehead atoms. The molecule has 1 aliphatic rings. The van der Waals surface area contributed by atoms with Crippen LogP contribution >= 0.6 is 0 Å². The minimum absolute atomic E-state index is 0. The van der Waals surface area contributed by atoms with Gasteiger partial charge in [-0.25, -0.2) is 0 Å². The molecule has 5 nitrogen and oxygen atoms in total. The number of methoxy groups -OCH3 is 1. The maximum Gasteiger partial charge on any atom is 0.277 e. The Hall–Kier alpha value is -3.02. The summed E-state index contributed by atoms with van der Waals surface area (Å²) in [6.07, 6.45) is 0. The lowest BCUT2D eigenvalue weighted by Crippen LogP contribution is -3.00. The van der Waals surface area contributed by atoms with Crippen molar-refractivity contribution in [3.8, 4) is 5.75 Å². The number of ether oxygens (including phenoxy) is 1. The Morgan fingerprint density at radius 3 is 2.12 bits per heavy atom. The molecule has 4 rings (SSSR count). The lowest BCUT2D eigenvalue weighted by atomic mass is 10.2. The second kappa shape index (κ2) is 7.91. The first-order valence-corrected chi connectivity index (χ1v) is 8.13. The summed E-state index contributed by atoms with van der Waals surface area (Å²) in [7, 11) is 1.67. The van der Waals surface area contributed by atoms with Crippen molar-refractivity contribution in [2.45, 2.75) is 0 Å². The molecule has 0 fully saturated rings. The van der Waals surface area contributed by atoms with E-state index in [0.29, 0.717) is 0 Å². The minimum Gasteiger partial charge on any atom is -1.00 e. The summed E-state index contributed by atoms with van der Waals surface area (Å²) in [5, 5.41) is 8.73. The van der Waals surface area contributed by atoms with E-state index >= 15 is 0 Å². The highest BCUT2D eigenvalue weighted by Gasteiger charge is 2.32. The van der Waals surface area contributed by atoms with Crippen LogP contribution < -0.4 is 32.8 Å². The summed E-state index contributed by atoms with van der Waals surface area (Å²) in [6, 6.07) is 28.2. The number of nitrogens with two attached hydrogens (primary N) is 1. The molecule has 6 heteroatoms. The van der Waals surface area contributed by atoms with E-state index in [1.165, 1.54) is 0 Å². The summed E-state index contributed by atoms with van der Waals surface area (Å²) < 4.78 is 5.53. The molecule has 3 aromatic rings. The molecular weight excluding hydrogens is 348 g/mol. The molecule has 0 saturated heterocycles. The summed E-state index contributed by atoms with van der Waals surface area (Å²) in [6.45, 7) is 0. The van der Waals surface area contributed by atoms with Crippen molar-refractivity contribution >= 4 is 17.2 Å². The number of hydrazine groups is 1. The largest absolute Gasteiger partial charge is 1.00 e. The highest BCUT2D eigenvalue weighted by atomic mass is 35.5. The number of para-hydroxylation sites is 3. The van der Waals surface area contributed by atoms with Gasteiger partial charge in [-0.15, -0.1) is 10.2 Å². The Bertz CT molecular complexity index is 887. The second-order valence-electron chi connectivity index (χ2n) is 5.62. The lowest BCUT2D eigenvalue weighted by molar-refractivity contribution is -0.545. The molecule has 0 saturated carbocycles. The number of hydrogen-bond acceptors (Lipinski definition) is 4. The Morgan fingerprint density at radius 2 is 1.42 bits per heavy atom. The van der Waals surface area contributed by atoms with Gasteiger partial charge < -0.3 is 17.1 Å². The molecule has 0 aliphatic carbocycles. The Labute approximate surface area is 158 Å². The molecule has 2 N–H and O–H groups in total. The highest BCUT2D eigenvalue weighted by molar-refractivity contribution is 5.94. The molecule has 0 unspecified atom stereocenters. The summed E-state index contributed by atoms with van der Waals surface area (Å²) in [4.78, 5) is 0. The molecule has 0 radical (unpaired) electrons. The van der Waals surface area contributed by atoms with E-state index < -0.39 is 0 Å². The Morgan fingerprint density at radius 1 is 0.808 bits per heavy atom. The third-order valence-corrected chi connectivity index (χ3v) is 4.04. The van der Waals surface area contributed by atoms with Gasteiger partial charge in [-0.3, -0.25) is 0 Å². The number of amidine groups is 1. The van der Waals surface area contributed by atoms with Crippen LogP contribution in [0.3, 0.4) is 0 Å². The number of hydrazone groups is 1. The zero-order chi connectivity index (χ0) is 17.1. The van der Waals surface area contributed by atoms with Crippen LogP contribution in [-0.2, 0) is 0 Å². The van der Waals surface area contributed by atoms with Gasteiger partial charge >= 0.3 is 0 Å². The first-order valence-electron chi connectivity index (χ1n) is 8.13. The van der Waals surface area contributed by atoms with Crippen molar-refractivity contribution in [3.63, 3.8) is 0 Å². The molecule has 132 valence electrons. The number of benzene rings is 3. The molecular formula is C20H19ClN4O. The first kappa shape index (κ1) is 17.8. The highest BCUT2D eigenvalue weighted by Crippen LogP contribution is 2.31. The van der Waals surface area contributed by atoms with Crippen LogP contribution in [0.1, 0.15) is 5.56 Å².